The Bertz CT molecular complexity index is 822. The number of anilines is 1. The zero-order valence-electron chi connectivity index (χ0n) is 12.4. The zero-order chi connectivity index (χ0) is 17.7. The van der Waals surface area contributed by atoms with Gasteiger partial charge in [-0.1, -0.05) is 40.9 Å². The van der Waals surface area contributed by atoms with Crippen LogP contribution in [0.2, 0.25) is 15.1 Å². The van der Waals surface area contributed by atoms with Gasteiger partial charge in [0.1, 0.15) is 0 Å². The van der Waals surface area contributed by atoms with Crippen molar-refractivity contribution in [3.05, 3.63) is 62.6 Å². The molecule has 0 aliphatic carbocycles. The van der Waals surface area contributed by atoms with E-state index in [9.17, 15) is 9.59 Å². The third kappa shape index (κ3) is 4.96. The molecule has 0 radical (unpaired) electrons. The van der Waals surface area contributed by atoms with Gasteiger partial charge in [0.2, 0.25) is 0 Å². The number of carbonyl (C=O) groups excluding carboxylic acids is 2. The van der Waals surface area contributed by atoms with Gasteiger partial charge < -0.3 is 5.32 Å². The van der Waals surface area contributed by atoms with Crippen molar-refractivity contribution in [2.45, 2.75) is 6.92 Å². The molecule has 2 aromatic carbocycles. The lowest BCUT2D eigenvalue weighted by molar-refractivity contribution is -0.136. The van der Waals surface area contributed by atoms with Gasteiger partial charge in [-0.2, -0.15) is 5.10 Å². The largest absolute Gasteiger partial charge is 0.329 e. The molecule has 0 aromatic heterocycles. The molecule has 2 amide bonds. The average Bonchev–Trinajstić information content (AvgIpc) is 2.52. The van der Waals surface area contributed by atoms with Crippen molar-refractivity contribution in [3.63, 3.8) is 0 Å². The summed E-state index contributed by atoms with van der Waals surface area (Å²) in [6.45, 7) is 1.76. The SMILES string of the molecule is Cc1cc(Cl)ccc1NC(=O)C(=O)N/N=C/c1ccc(Cl)cc1Cl. The average molecular weight is 385 g/mol. The van der Waals surface area contributed by atoms with Crippen molar-refractivity contribution in [1.82, 2.24) is 5.43 Å². The molecule has 0 bridgehead atoms. The molecule has 0 heterocycles. The third-order valence-electron chi connectivity index (χ3n) is 2.98. The van der Waals surface area contributed by atoms with Gasteiger partial charge in [0, 0.05) is 21.3 Å². The lowest BCUT2D eigenvalue weighted by Gasteiger charge is -2.07. The summed E-state index contributed by atoms with van der Waals surface area (Å²) in [6.07, 6.45) is 1.32. The Morgan fingerprint density at radius 2 is 1.67 bits per heavy atom. The maximum Gasteiger partial charge on any atom is 0.329 e. The van der Waals surface area contributed by atoms with Crippen molar-refractivity contribution in [3.8, 4) is 0 Å². The summed E-state index contributed by atoms with van der Waals surface area (Å²) < 4.78 is 0. The second-order valence-electron chi connectivity index (χ2n) is 4.78. The van der Waals surface area contributed by atoms with E-state index >= 15 is 0 Å². The molecular formula is C16H12Cl3N3O2. The fourth-order valence-corrected chi connectivity index (χ4v) is 2.45. The maximum absolute atomic E-state index is 11.8. The van der Waals surface area contributed by atoms with Crippen LogP contribution in [0, 0.1) is 6.92 Å². The molecule has 0 spiro atoms. The summed E-state index contributed by atoms with van der Waals surface area (Å²) in [5, 5.41) is 7.58. The number of hydrogen-bond donors (Lipinski definition) is 2. The van der Waals surface area contributed by atoms with Crippen molar-refractivity contribution in [2.24, 2.45) is 5.10 Å². The Balaban J connectivity index is 1.96. The third-order valence-corrected chi connectivity index (χ3v) is 3.77. The Labute approximate surface area is 153 Å². The Hall–Kier alpha value is -2.08. The molecule has 2 rings (SSSR count). The van der Waals surface area contributed by atoms with Gasteiger partial charge in [0.15, 0.2) is 0 Å². The van der Waals surface area contributed by atoms with Gasteiger partial charge in [-0.05, 0) is 42.8 Å². The first kappa shape index (κ1) is 18.3. The number of hydrogen-bond acceptors (Lipinski definition) is 3. The van der Waals surface area contributed by atoms with Crippen LogP contribution in [0.5, 0.6) is 0 Å². The maximum atomic E-state index is 11.8. The number of benzene rings is 2. The molecular weight excluding hydrogens is 373 g/mol. The minimum absolute atomic E-state index is 0.377. The van der Waals surface area contributed by atoms with Gasteiger partial charge in [-0.15, -0.1) is 0 Å². The van der Waals surface area contributed by atoms with Gasteiger partial charge in [-0.3, -0.25) is 9.59 Å². The van der Waals surface area contributed by atoms with E-state index in [0.717, 1.165) is 5.56 Å². The molecule has 0 aliphatic heterocycles. The molecule has 0 saturated carbocycles. The van der Waals surface area contributed by atoms with E-state index in [2.05, 4.69) is 15.8 Å². The molecule has 5 nitrogen and oxygen atoms in total. The van der Waals surface area contributed by atoms with Crippen LogP contribution in [0.1, 0.15) is 11.1 Å². The molecule has 24 heavy (non-hydrogen) atoms. The zero-order valence-corrected chi connectivity index (χ0v) is 14.7. The monoisotopic (exact) mass is 383 g/mol. The predicted octanol–water partition coefficient (Wildman–Crippen LogP) is 4.04. The number of halogens is 3. The molecule has 0 fully saturated rings. The Morgan fingerprint density at radius 3 is 2.33 bits per heavy atom. The second kappa shape index (κ2) is 8.15. The first-order chi connectivity index (χ1) is 11.4. The van der Waals surface area contributed by atoms with Gasteiger partial charge in [0.05, 0.1) is 11.2 Å². The lowest BCUT2D eigenvalue weighted by Crippen LogP contribution is -2.32. The van der Waals surface area contributed by atoms with Gasteiger partial charge in [-0.25, -0.2) is 5.43 Å². The fourth-order valence-electron chi connectivity index (χ4n) is 1.76. The number of nitrogens with zero attached hydrogens (tertiary/aromatic N) is 1. The summed E-state index contributed by atoms with van der Waals surface area (Å²) in [5.74, 6) is -1.76. The van der Waals surface area contributed by atoms with Crippen molar-refractivity contribution in [2.75, 3.05) is 5.32 Å². The summed E-state index contributed by atoms with van der Waals surface area (Å²) in [4.78, 5) is 23.6. The van der Waals surface area contributed by atoms with Crippen LogP contribution in [-0.4, -0.2) is 18.0 Å². The van der Waals surface area contributed by atoms with Crippen LogP contribution in [-0.2, 0) is 9.59 Å². The highest BCUT2D eigenvalue weighted by Gasteiger charge is 2.14. The molecule has 0 unspecified atom stereocenters. The standard InChI is InChI=1S/C16H12Cl3N3O2/c1-9-6-11(17)4-5-14(9)21-15(23)16(24)22-20-8-10-2-3-12(18)7-13(10)19/h2-8H,1H3,(H,21,23)(H,22,24)/b20-8+. The number of hydrazone groups is 1. The van der Waals surface area contributed by atoms with Crippen LogP contribution < -0.4 is 10.7 Å². The van der Waals surface area contributed by atoms with Gasteiger partial charge >= 0.3 is 11.8 Å². The van der Waals surface area contributed by atoms with E-state index < -0.39 is 11.8 Å². The highest BCUT2D eigenvalue weighted by molar-refractivity contribution is 6.40. The van der Waals surface area contributed by atoms with Crippen LogP contribution >= 0.6 is 34.8 Å². The quantitative estimate of drug-likeness (QED) is 0.476. The highest BCUT2D eigenvalue weighted by Crippen LogP contribution is 2.20. The summed E-state index contributed by atoms with van der Waals surface area (Å²) in [6, 6.07) is 9.71. The molecule has 124 valence electrons. The smallest absolute Gasteiger partial charge is 0.317 e. The van der Waals surface area contributed by atoms with Crippen molar-refractivity contribution in [1.29, 1.82) is 0 Å². The first-order valence-electron chi connectivity index (χ1n) is 6.72. The lowest BCUT2D eigenvalue weighted by atomic mass is 10.2. The summed E-state index contributed by atoms with van der Waals surface area (Å²) >= 11 is 17.6. The van der Waals surface area contributed by atoms with Crippen molar-refractivity contribution < 1.29 is 9.59 Å². The molecule has 2 aromatic rings. The van der Waals surface area contributed by atoms with E-state index in [0.29, 0.717) is 26.3 Å². The molecule has 0 saturated heterocycles. The molecule has 0 aliphatic rings. The number of rotatable bonds is 3. The first-order valence-corrected chi connectivity index (χ1v) is 7.86. The summed E-state index contributed by atoms with van der Waals surface area (Å²) in [7, 11) is 0. The molecule has 2 N–H and O–H groups in total. The fraction of sp³-hybridized carbons (Fsp3) is 0.0625. The number of amides is 2. The van der Waals surface area contributed by atoms with E-state index in [4.69, 9.17) is 34.8 Å². The number of carbonyl (C=O) groups is 2. The minimum Gasteiger partial charge on any atom is -0.317 e. The molecule has 8 heteroatoms. The van der Waals surface area contributed by atoms with E-state index in [-0.39, 0.29) is 0 Å². The Kier molecular flexibility index (Phi) is 6.20. The second-order valence-corrected chi connectivity index (χ2v) is 6.06. The van der Waals surface area contributed by atoms with E-state index in [1.54, 1.807) is 43.3 Å². The van der Waals surface area contributed by atoms with Gasteiger partial charge in [0.25, 0.3) is 0 Å². The van der Waals surface area contributed by atoms with Crippen LogP contribution in [0.25, 0.3) is 0 Å². The highest BCUT2D eigenvalue weighted by atomic mass is 35.5. The van der Waals surface area contributed by atoms with Crippen LogP contribution in [0.3, 0.4) is 0 Å². The topological polar surface area (TPSA) is 70.6 Å². The Morgan fingerprint density at radius 1 is 1.00 bits per heavy atom. The van der Waals surface area contributed by atoms with E-state index in [1.165, 1.54) is 6.21 Å². The van der Waals surface area contributed by atoms with Crippen LogP contribution in [0.4, 0.5) is 5.69 Å². The minimum atomic E-state index is -0.911. The van der Waals surface area contributed by atoms with Crippen molar-refractivity contribution >= 4 is 58.5 Å². The summed E-state index contributed by atoms with van der Waals surface area (Å²) in [5.41, 5.74) is 3.90. The van der Waals surface area contributed by atoms with Crippen LogP contribution in [0.15, 0.2) is 41.5 Å². The normalized spacial score (nSPS) is 10.7. The van der Waals surface area contributed by atoms with E-state index in [1.807, 2.05) is 0 Å². The number of aryl methyl sites for hydroxylation is 1. The predicted molar refractivity (Wildman–Crippen MR) is 97.0 cm³/mol. The number of nitrogens with one attached hydrogen (secondary N) is 2. The molecule has 0 atom stereocenters.